The highest BCUT2D eigenvalue weighted by atomic mass is 35.5. The Hall–Kier alpha value is -5.10. The summed E-state index contributed by atoms with van der Waals surface area (Å²) >= 11 is 7.39. The highest BCUT2D eigenvalue weighted by molar-refractivity contribution is 6.14. The summed E-state index contributed by atoms with van der Waals surface area (Å²) in [5.74, 6) is 0. The van der Waals surface area contributed by atoms with Gasteiger partial charge in [-0.25, -0.2) is 13.6 Å². The number of para-hydroxylation sites is 2. The van der Waals surface area contributed by atoms with E-state index in [1.165, 1.54) is 55.2 Å². The second-order valence-electron chi connectivity index (χ2n) is 12.4. The molecule has 0 atom stereocenters. The van der Waals surface area contributed by atoms with E-state index in [4.69, 9.17) is 23.2 Å². The third kappa shape index (κ3) is 4.98. The fourth-order valence-corrected chi connectivity index (χ4v) is 7.50. The van der Waals surface area contributed by atoms with Crippen LogP contribution in [0.1, 0.15) is 33.4 Å². The molecule has 0 radical (unpaired) electrons. The standard InChI is InChI=1S/C40H35ClN5/c41-46(40(35-11-1-2-12-36(35)40)23-28-15-19-33(42)20-16-28)26-32-10-6-8-30-7-5-9-31(39(30)32)25-45-27-44(37-13-3-4-14-38(37)45)24-29-17-21-34(43)22-18-29/h1-22,27H,23-26,42-43H2/q+1. The SMILES string of the molecule is Nc1ccc(C[n+]2cn(Cc3cccc4cccc(CN(Cl)C5(Cc6ccc(N)cc6)c6ccccc65)c34)c3ccccc32)cc1. The number of nitrogens with zero attached hydrogens (tertiary/aromatic N) is 3. The Morgan fingerprint density at radius 1 is 0.652 bits per heavy atom. The average Bonchev–Trinajstić information content (AvgIpc) is 3.61. The number of nitrogen functional groups attached to an aromatic ring is 2. The van der Waals surface area contributed by atoms with Crippen LogP contribution in [0.2, 0.25) is 0 Å². The van der Waals surface area contributed by atoms with Crippen molar-refractivity contribution in [3.63, 3.8) is 0 Å². The number of hydrogen-bond acceptors (Lipinski definition) is 3. The summed E-state index contributed by atoms with van der Waals surface area (Å²) in [4.78, 5) is 0. The molecule has 1 heterocycles. The number of anilines is 2. The minimum absolute atomic E-state index is 0.359. The van der Waals surface area contributed by atoms with Crippen LogP contribution < -0.4 is 16.0 Å². The zero-order valence-electron chi connectivity index (χ0n) is 25.5. The van der Waals surface area contributed by atoms with Crippen LogP contribution in [0.4, 0.5) is 11.4 Å². The highest BCUT2D eigenvalue weighted by Gasteiger charge is 2.54. The number of imidazole rings is 1. The first-order valence-electron chi connectivity index (χ1n) is 15.7. The molecule has 0 amide bonds. The third-order valence-electron chi connectivity index (χ3n) is 9.45. The summed E-state index contributed by atoms with van der Waals surface area (Å²) in [5, 5.41) is 2.47. The molecule has 1 aliphatic rings. The molecule has 8 rings (SSSR count). The van der Waals surface area contributed by atoms with E-state index in [2.05, 4.69) is 125 Å². The van der Waals surface area contributed by atoms with Crippen LogP contribution in [-0.2, 0) is 31.6 Å². The maximum atomic E-state index is 7.39. The monoisotopic (exact) mass is 620 g/mol. The van der Waals surface area contributed by atoms with E-state index in [9.17, 15) is 0 Å². The van der Waals surface area contributed by atoms with Gasteiger partial charge in [-0.1, -0.05) is 97.1 Å². The fraction of sp³-hybridized carbons (Fsp3) is 0.125. The third-order valence-corrected chi connectivity index (χ3v) is 9.86. The maximum Gasteiger partial charge on any atom is 0.245 e. The first-order valence-corrected chi connectivity index (χ1v) is 16.0. The molecule has 0 saturated heterocycles. The Labute approximate surface area is 274 Å². The van der Waals surface area contributed by atoms with Crippen LogP contribution >= 0.6 is 11.8 Å². The number of halogens is 1. The summed E-state index contributed by atoms with van der Waals surface area (Å²) < 4.78 is 6.69. The van der Waals surface area contributed by atoms with Crippen molar-refractivity contribution in [2.45, 2.75) is 31.6 Å². The molecule has 0 saturated carbocycles. The van der Waals surface area contributed by atoms with Crippen molar-refractivity contribution in [3.05, 3.63) is 173 Å². The molecule has 46 heavy (non-hydrogen) atoms. The van der Waals surface area contributed by atoms with Crippen LogP contribution in [0.15, 0.2) is 140 Å². The molecular weight excluding hydrogens is 586 g/mol. The second-order valence-corrected chi connectivity index (χ2v) is 12.8. The van der Waals surface area contributed by atoms with E-state index in [1.54, 1.807) is 0 Å². The van der Waals surface area contributed by atoms with E-state index in [0.717, 1.165) is 30.9 Å². The van der Waals surface area contributed by atoms with Gasteiger partial charge in [0.15, 0.2) is 11.0 Å². The van der Waals surface area contributed by atoms with Crippen molar-refractivity contribution in [2.24, 2.45) is 0 Å². The number of nitrogens with two attached hydrogens (primary N) is 2. The van der Waals surface area contributed by atoms with Gasteiger partial charge >= 0.3 is 0 Å². The van der Waals surface area contributed by atoms with Crippen LogP contribution in [0, 0.1) is 0 Å². The van der Waals surface area contributed by atoms with Gasteiger partial charge in [-0.3, -0.25) is 0 Å². The number of fused-ring (bicyclic) bond motifs is 3. The number of benzene rings is 6. The lowest BCUT2D eigenvalue weighted by atomic mass is 9.96. The lowest BCUT2D eigenvalue weighted by Gasteiger charge is -2.27. The Balaban J connectivity index is 1.15. The molecule has 1 aromatic heterocycles. The molecule has 0 aliphatic heterocycles. The zero-order valence-corrected chi connectivity index (χ0v) is 26.2. The molecule has 0 spiro atoms. The number of rotatable bonds is 9. The van der Waals surface area contributed by atoms with E-state index in [1.807, 2.05) is 28.7 Å². The van der Waals surface area contributed by atoms with Crippen LogP contribution in [0.25, 0.3) is 21.8 Å². The minimum Gasteiger partial charge on any atom is -0.399 e. The van der Waals surface area contributed by atoms with Gasteiger partial charge in [0.25, 0.3) is 0 Å². The van der Waals surface area contributed by atoms with Gasteiger partial charge in [0, 0.05) is 29.9 Å². The minimum atomic E-state index is -0.359. The molecule has 226 valence electrons. The largest absolute Gasteiger partial charge is 0.399 e. The van der Waals surface area contributed by atoms with E-state index < -0.39 is 0 Å². The normalized spacial score (nSPS) is 13.3. The molecule has 0 fully saturated rings. The molecule has 7 aromatic rings. The zero-order chi connectivity index (χ0) is 31.3. The first-order chi connectivity index (χ1) is 22.5. The van der Waals surface area contributed by atoms with E-state index in [-0.39, 0.29) is 5.54 Å². The molecule has 6 aromatic carbocycles. The first kappa shape index (κ1) is 28.4. The summed E-state index contributed by atoms with van der Waals surface area (Å²) in [7, 11) is 0. The molecule has 5 nitrogen and oxygen atoms in total. The van der Waals surface area contributed by atoms with Gasteiger partial charge in [-0.15, -0.1) is 0 Å². The van der Waals surface area contributed by atoms with Gasteiger partial charge in [-0.2, -0.15) is 0 Å². The maximum absolute atomic E-state index is 7.39. The van der Waals surface area contributed by atoms with Crippen molar-refractivity contribution < 1.29 is 4.57 Å². The smallest absolute Gasteiger partial charge is 0.245 e. The van der Waals surface area contributed by atoms with Gasteiger partial charge in [0.2, 0.25) is 6.33 Å². The van der Waals surface area contributed by atoms with Crippen molar-refractivity contribution in [2.75, 3.05) is 11.5 Å². The molecule has 0 bridgehead atoms. The van der Waals surface area contributed by atoms with Crippen LogP contribution in [0.5, 0.6) is 0 Å². The van der Waals surface area contributed by atoms with Crippen LogP contribution in [-0.4, -0.2) is 8.99 Å². The van der Waals surface area contributed by atoms with E-state index in [0.29, 0.717) is 6.54 Å². The lowest BCUT2D eigenvalue weighted by molar-refractivity contribution is -0.663. The van der Waals surface area contributed by atoms with E-state index >= 15 is 0 Å². The highest BCUT2D eigenvalue weighted by Crippen LogP contribution is 2.56. The average molecular weight is 621 g/mol. The Morgan fingerprint density at radius 2 is 1.26 bits per heavy atom. The van der Waals surface area contributed by atoms with Crippen molar-refractivity contribution in [3.8, 4) is 0 Å². The van der Waals surface area contributed by atoms with Gasteiger partial charge in [0.05, 0.1) is 5.54 Å². The van der Waals surface area contributed by atoms with Crippen molar-refractivity contribution in [1.82, 2.24) is 8.99 Å². The number of hydrogen-bond donors (Lipinski definition) is 2. The quantitative estimate of drug-likeness (QED) is 0.0983. The molecule has 0 unspecified atom stereocenters. The molecular formula is C40H35ClN5+. The second kappa shape index (κ2) is 11.4. The predicted molar refractivity (Wildman–Crippen MR) is 188 cm³/mol. The van der Waals surface area contributed by atoms with Gasteiger partial charge in [-0.05, 0) is 86.8 Å². The summed E-state index contributed by atoms with van der Waals surface area (Å²) in [5.41, 5.74) is 23.0. The summed E-state index contributed by atoms with van der Waals surface area (Å²) in [6.07, 6.45) is 3.02. The van der Waals surface area contributed by atoms with Gasteiger partial charge in [0.1, 0.15) is 13.1 Å². The predicted octanol–water partition coefficient (Wildman–Crippen LogP) is 7.80. The Morgan fingerprint density at radius 3 is 1.96 bits per heavy atom. The summed E-state index contributed by atoms with van der Waals surface area (Å²) in [6, 6.07) is 46.7. The molecule has 1 aliphatic carbocycles. The Bertz CT molecular complexity index is 2170. The van der Waals surface area contributed by atoms with Gasteiger partial charge < -0.3 is 11.5 Å². The van der Waals surface area contributed by atoms with Crippen molar-refractivity contribution in [1.29, 1.82) is 0 Å². The Kier molecular flexibility index (Phi) is 7.01. The topological polar surface area (TPSA) is 64.1 Å². The summed E-state index contributed by atoms with van der Waals surface area (Å²) in [6.45, 7) is 2.11. The lowest BCUT2D eigenvalue weighted by Crippen LogP contribution is -2.32. The number of aromatic nitrogens is 2. The van der Waals surface area contributed by atoms with Crippen molar-refractivity contribution >= 4 is 45.0 Å². The van der Waals surface area contributed by atoms with Crippen LogP contribution in [0.3, 0.4) is 0 Å². The fourth-order valence-electron chi connectivity index (χ4n) is 7.13. The molecule has 4 N–H and O–H groups in total. The molecule has 6 heteroatoms.